The van der Waals surface area contributed by atoms with E-state index in [2.05, 4.69) is 16.9 Å². The molecule has 1 aromatic heterocycles. The van der Waals surface area contributed by atoms with Crippen molar-refractivity contribution in [2.45, 2.75) is 26.9 Å². The summed E-state index contributed by atoms with van der Waals surface area (Å²) in [6.45, 7) is 5.53. The second-order valence-corrected chi connectivity index (χ2v) is 2.53. The molecule has 3 nitrogen and oxygen atoms in total. The topological polar surface area (TPSA) is 37.9 Å². The maximum absolute atomic E-state index is 5.33. The van der Waals surface area contributed by atoms with Crippen LogP contribution in [0.5, 0.6) is 0 Å². The Morgan fingerprint density at radius 2 is 2.45 bits per heavy atom. The number of imidazole rings is 1. The van der Waals surface area contributed by atoms with E-state index < -0.39 is 0 Å². The summed E-state index contributed by atoms with van der Waals surface area (Å²) in [5.74, 6) is 0. The minimum atomic E-state index is 0.628. The van der Waals surface area contributed by atoms with Gasteiger partial charge in [-0.1, -0.05) is 6.92 Å². The van der Waals surface area contributed by atoms with Crippen LogP contribution in [-0.4, -0.2) is 16.6 Å². The van der Waals surface area contributed by atoms with Gasteiger partial charge in [0.25, 0.3) is 0 Å². The molecule has 0 saturated heterocycles. The lowest BCUT2D eigenvalue weighted by Crippen LogP contribution is -1.95. The van der Waals surface area contributed by atoms with Gasteiger partial charge < -0.3 is 9.72 Å². The fourth-order valence-electron chi connectivity index (χ4n) is 0.846. The molecule has 3 heteroatoms. The summed E-state index contributed by atoms with van der Waals surface area (Å²) in [6, 6.07) is 0. The van der Waals surface area contributed by atoms with Gasteiger partial charge in [0.15, 0.2) is 0 Å². The molecule has 1 aromatic rings. The van der Waals surface area contributed by atoms with Gasteiger partial charge in [0.05, 0.1) is 18.6 Å². The molecule has 0 unspecified atom stereocenters. The molecule has 0 aliphatic carbocycles. The van der Waals surface area contributed by atoms with Gasteiger partial charge in [-0.2, -0.15) is 0 Å². The van der Waals surface area contributed by atoms with Crippen molar-refractivity contribution in [3.63, 3.8) is 0 Å². The van der Waals surface area contributed by atoms with Crippen LogP contribution < -0.4 is 0 Å². The van der Waals surface area contributed by atoms with Crippen LogP contribution in [0.15, 0.2) is 6.33 Å². The lowest BCUT2D eigenvalue weighted by molar-refractivity contribution is 0.119. The average molecular weight is 154 g/mol. The summed E-state index contributed by atoms with van der Waals surface area (Å²) in [5, 5.41) is 0. The van der Waals surface area contributed by atoms with Crippen LogP contribution in [0.1, 0.15) is 24.7 Å². The van der Waals surface area contributed by atoms with Crippen LogP contribution >= 0.6 is 0 Å². The normalized spacial score (nSPS) is 10.4. The maximum atomic E-state index is 5.33. The summed E-state index contributed by atoms with van der Waals surface area (Å²) in [4.78, 5) is 7.11. The Kier molecular flexibility index (Phi) is 3.11. The minimum Gasteiger partial charge on any atom is -0.375 e. The van der Waals surface area contributed by atoms with Crippen molar-refractivity contribution in [1.29, 1.82) is 0 Å². The van der Waals surface area contributed by atoms with Crippen LogP contribution in [0.4, 0.5) is 0 Å². The highest BCUT2D eigenvalue weighted by atomic mass is 16.5. The summed E-state index contributed by atoms with van der Waals surface area (Å²) >= 11 is 0. The molecule has 0 bridgehead atoms. The largest absolute Gasteiger partial charge is 0.375 e. The molecule has 0 saturated carbocycles. The highest BCUT2D eigenvalue weighted by Gasteiger charge is 1.98. The third kappa shape index (κ3) is 2.35. The molecule has 0 aliphatic heterocycles. The highest BCUT2D eigenvalue weighted by Crippen LogP contribution is 2.01. The molecule has 0 spiro atoms. The molecule has 0 aliphatic rings. The lowest BCUT2D eigenvalue weighted by atomic mass is 10.4. The predicted octanol–water partition coefficient (Wildman–Crippen LogP) is 1.64. The molecule has 1 heterocycles. The van der Waals surface area contributed by atoms with E-state index in [-0.39, 0.29) is 0 Å². The number of hydrogen-bond acceptors (Lipinski definition) is 2. The first-order valence-corrected chi connectivity index (χ1v) is 3.91. The first kappa shape index (κ1) is 8.27. The summed E-state index contributed by atoms with van der Waals surface area (Å²) < 4.78 is 5.33. The average Bonchev–Trinajstić information content (AvgIpc) is 2.37. The number of nitrogens with zero attached hydrogens (tertiary/aromatic N) is 1. The number of rotatable bonds is 4. The highest BCUT2D eigenvalue weighted by molar-refractivity contribution is 5.06. The van der Waals surface area contributed by atoms with Gasteiger partial charge >= 0.3 is 0 Å². The summed E-state index contributed by atoms with van der Waals surface area (Å²) in [5.41, 5.74) is 2.11. The summed E-state index contributed by atoms with van der Waals surface area (Å²) in [6.07, 6.45) is 2.75. The quantitative estimate of drug-likeness (QED) is 0.669. The van der Waals surface area contributed by atoms with Gasteiger partial charge in [-0.15, -0.1) is 0 Å². The van der Waals surface area contributed by atoms with Crippen LogP contribution in [0.2, 0.25) is 0 Å². The number of H-pyrrole nitrogens is 1. The molecule has 0 aromatic carbocycles. The Bertz CT molecular complexity index is 208. The van der Waals surface area contributed by atoms with Crippen molar-refractivity contribution in [2.24, 2.45) is 0 Å². The third-order valence-corrected chi connectivity index (χ3v) is 1.52. The Morgan fingerprint density at radius 1 is 1.64 bits per heavy atom. The van der Waals surface area contributed by atoms with E-state index in [9.17, 15) is 0 Å². The Balaban J connectivity index is 2.32. The first-order valence-electron chi connectivity index (χ1n) is 3.91. The number of aryl methyl sites for hydroxylation is 1. The molecule has 1 rings (SSSR count). The maximum Gasteiger partial charge on any atom is 0.0926 e. The van der Waals surface area contributed by atoms with Crippen molar-refractivity contribution in [1.82, 2.24) is 9.97 Å². The van der Waals surface area contributed by atoms with E-state index in [4.69, 9.17) is 4.74 Å². The van der Waals surface area contributed by atoms with Crippen LogP contribution in [-0.2, 0) is 11.3 Å². The van der Waals surface area contributed by atoms with E-state index in [1.165, 1.54) is 0 Å². The summed E-state index contributed by atoms with van der Waals surface area (Å²) in [7, 11) is 0. The molecule has 0 atom stereocenters. The van der Waals surface area contributed by atoms with E-state index in [1.807, 2.05) is 6.92 Å². The number of ether oxygens (including phenoxy) is 1. The zero-order chi connectivity index (χ0) is 8.10. The molecular formula is C8H14N2O. The van der Waals surface area contributed by atoms with Crippen molar-refractivity contribution in [3.8, 4) is 0 Å². The second-order valence-electron chi connectivity index (χ2n) is 2.53. The van der Waals surface area contributed by atoms with Gasteiger partial charge in [-0.25, -0.2) is 4.98 Å². The number of nitrogens with one attached hydrogen (secondary N) is 1. The van der Waals surface area contributed by atoms with Crippen LogP contribution in [0.25, 0.3) is 0 Å². The molecule has 0 amide bonds. The van der Waals surface area contributed by atoms with Crippen molar-refractivity contribution >= 4 is 0 Å². The molecule has 0 fully saturated rings. The fourth-order valence-corrected chi connectivity index (χ4v) is 0.846. The van der Waals surface area contributed by atoms with Gasteiger partial charge in [0.1, 0.15) is 0 Å². The molecule has 0 radical (unpaired) electrons. The molecule has 11 heavy (non-hydrogen) atoms. The van der Waals surface area contributed by atoms with Crippen LogP contribution in [0, 0.1) is 6.92 Å². The standard InChI is InChI=1S/C8H14N2O/c1-3-4-11-5-8-7(2)9-6-10-8/h6H,3-5H2,1-2H3,(H,9,10). The Hall–Kier alpha value is -0.830. The zero-order valence-electron chi connectivity index (χ0n) is 7.05. The van der Waals surface area contributed by atoms with Gasteiger partial charge in [0, 0.05) is 12.3 Å². The molecular weight excluding hydrogens is 140 g/mol. The van der Waals surface area contributed by atoms with Gasteiger partial charge in [0.2, 0.25) is 0 Å². The first-order chi connectivity index (χ1) is 5.34. The van der Waals surface area contributed by atoms with Crippen LogP contribution in [0.3, 0.4) is 0 Å². The fraction of sp³-hybridized carbons (Fsp3) is 0.625. The third-order valence-electron chi connectivity index (χ3n) is 1.52. The monoisotopic (exact) mass is 154 g/mol. The van der Waals surface area contributed by atoms with Crippen molar-refractivity contribution < 1.29 is 4.74 Å². The Labute approximate surface area is 66.8 Å². The number of hydrogen-bond donors (Lipinski definition) is 1. The smallest absolute Gasteiger partial charge is 0.0926 e. The molecule has 62 valence electrons. The van der Waals surface area contributed by atoms with Crippen molar-refractivity contribution in [3.05, 3.63) is 17.7 Å². The number of aromatic amines is 1. The van der Waals surface area contributed by atoms with E-state index in [1.54, 1.807) is 6.33 Å². The predicted molar refractivity (Wildman–Crippen MR) is 43.3 cm³/mol. The van der Waals surface area contributed by atoms with E-state index in [0.29, 0.717) is 6.61 Å². The van der Waals surface area contributed by atoms with E-state index in [0.717, 1.165) is 24.4 Å². The SMILES string of the molecule is CCCOCc1nc[nH]c1C. The second kappa shape index (κ2) is 4.13. The number of aromatic nitrogens is 2. The van der Waals surface area contributed by atoms with Gasteiger partial charge in [-0.3, -0.25) is 0 Å². The zero-order valence-corrected chi connectivity index (χ0v) is 7.05. The van der Waals surface area contributed by atoms with Gasteiger partial charge in [-0.05, 0) is 13.3 Å². The lowest BCUT2D eigenvalue weighted by Gasteiger charge is -1.99. The minimum absolute atomic E-state index is 0.628. The van der Waals surface area contributed by atoms with E-state index >= 15 is 0 Å². The molecule has 1 N–H and O–H groups in total. The Morgan fingerprint density at radius 3 is 3.00 bits per heavy atom. The van der Waals surface area contributed by atoms with Crippen molar-refractivity contribution in [2.75, 3.05) is 6.61 Å².